The molecule has 5 nitrogen and oxygen atoms in total. The smallest absolute Gasteiger partial charge is 0.348 e. The zero-order valence-corrected chi connectivity index (χ0v) is 15.0. The summed E-state index contributed by atoms with van der Waals surface area (Å²) in [6.07, 6.45) is -1.03. The predicted molar refractivity (Wildman–Crippen MR) is 97.2 cm³/mol. The molecule has 2 heterocycles. The Labute approximate surface area is 158 Å². The van der Waals surface area contributed by atoms with Gasteiger partial charge in [0.15, 0.2) is 0 Å². The number of ether oxygens (including phenoxy) is 2. The van der Waals surface area contributed by atoms with Crippen LogP contribution >= 0.6 is 23.2 Å². The lowest BCUT2D eigenvalue weighted by molar-refractivity contribution is -0.148. The minimum Gasteiger partial charge on any atom is -0.476 e. The summed E-state index contributed by atoms with van der Waals surface area (Å²) in [4.78, 5) is 25.0. The number of carbonyl (C=O) groups is 1. The number of halogens is 2. The van der Waals surface area contributed by atoms with Crippen molar-refractivity contribution in [3.8, 4) is 5.75 Å². The van der Waals surface area contributed by atoms with E-state index in [9.17, 15) is 9.59 Å². The first-order valence-electron chi connectivity index (χ1n) is 7.76. The maximum Gasteiger partial charge on any atom is 0.348 e. The number of hydrogen-bond acceptors (Lipinski definition) is 5. The molecule has 26 heavy (non-hydrogen) atoms. The summed E-state index contributed by atoms with van der Waals surface area (Å²) >= 11 is 12.1. The fraction of sp³-hybridized carbons (Fsp3) is 0.158. The van der Waals surface area contributed by atoms with Crippen LogP contribution in [0, 0.1) is 0 Å². The molecule has 0 amide bonds. The molecule has 1 aliphatic heterocycles. The van der Waals surface area contributed by atoms with Crippen molar-refractivity contribution in [3.05, 3.63) is 74.1 Å². The third kappa shape index (κ3) is 2.55. The second-order valence-electron chi connectivity index (χ2n) is 5.84. The molecule has 0 unspecified atom stereocenters. The van der Waals surface area contributed by atoms with Crippen LogP contribution in [0.1, 0.15) is 17.0 Å². The maximum atomic E-state index is 12.7. The van der Waals surface area contributed by atoms with Crippen molar-refractivity contribution in [2.75, 3.05) is 7.11 Å². The number of benzene rings is 2. The highest BCUT2D eigenvalue weighted by molar-refractivity contribution is 6.42. The standard InChI is InChI=1S/C19H12Cl2O5/c1-24-19(23)17-14(9-6-7-11(20)12(21)8-9)15-16(26-17)10-4-2-3-5-13(10)25-18(15)22/h2-8,14,17H,1H3/t14-,17+/m1/s1. The topological polar surface area (TPSA) is 65.7 Å². The first-order valence-corrected chi connectivity index (χ1v) is 8.52. The number of fused-ring (bicyclic) bond motifs is 3. The Hall–Kier alpha value is -2.50. The molecule has 1 aromatic heterocycles. The number of methoxy groups -OCH3 is 1. The minimum atomic E-state index is -1.03. The second-order valence-corrected chi connectivity index (χ2v) is 6.66. The molecule has 7 heteroatoms. The molecule has 0 radical (unpaired) electrons. The Kier molecular flexibility index (Phi) is 4.13. The molecule has 1 aliphatic rings. The Morgan fingerprint density at radius 1 is 1.12 bits per heavy atom. The monoisotopic (exact) mass is 390 g/mol. The molecule has 0 fully saturated rings. The molecular weight excluding hydrogens is 379 g/mol. The summed E-state index contributed by atoms with van der Waals surface area (Å²) in [6, 6.07) is 11.9. The van der Waals surface area contributed by atoms with E-state index in [0.29, 0.717) is 32.3 Å². The summed E-state index contributed by atoms with van der Waals surface area (Å²) in [5.74, 6) is -0.989. The van der Waals surface area contributed by atoms with Crippen molar-refractivity contribution in [1.82, 2.24) is 0 Å². The van der Waals surface area contributed by atoms with Crippen LogP contribution < -0.4 is 10.4 Å². The van der Waals surface area contributed by atoms with E-state index < -0.39 is 23.6 Å². The zero-order chi connectivity index (χ0) is 18.4. The lowest BCUT2D eigenvalue weighted by Gasteiger charge is -2.17. The van der Waals surface area contributed by atoms with E-state index in [1.165, 1.54) is 7.11 Å². The molecule has 0 saturated carbocycles. The molecule has 0 spiro atoms. The number of hydrogen-bond donors (Lipinski definition) is 0. The van der Waals surface area contributed by atoms with E-state index in [1.54, 1.807) is 42.5 Å². The van der Waals surface area contributed by atoms with Crippen molar-refractivity contribution < 1.29 is 18.7 Å². The molecule has 3 aromatic rings. The van der Waals surface area contributed by atoms with Crippen molar-refractivity contribution in [2.45, 2.75) is 12.0 Å². The van der Waals surface area contributed by atoms with Crippen molar-refractivity contribution in [2.24, 2.45) is 0 Å². The van der Waals surface area contributed by atoms with Gasteiger partial charge in [-0.3, -0.25) is 0 Å². The van der Waals surface area contributed by atoms with Gasteiger partial charge in [-0.2, -0.15) is 0 Å². The highest BCUT2D eigenvalue weighted by Crippen LogP contribution is 2.45. The van der Waals surface area contributed by atoms with Crippen LogP contribution in [-0.2, 0) is 9.53 Å². The van der Waals surface area contributed by atoms with Gasteiger partial charge in [0, 0.05) is 0 Å². The molecule has 132 valence electrons. The number of para-hydroxylation sites is 1. The molecule has 0 bridgehead atoms. The van der Waals surface area contributed by atoms with Gasteiger partial charge in [-0.05, 0) is 29.8 Å². The van der Waals surface area contributed by atoms with Crippen molar-refractivity contribution >= 4 is 40.1 Å². The molecule has 4 rings (SSSR count). The van der Waals surface area contributed by atoms with E-state index in [0.717, 1.165) is 0 Å². The third-order valence-electron chi connectivity index (χ3n) is 4.39. The highest BCUT2D eigenvalue weighted by atomic mass is 35.5. The first-order chi connectivity index (χ1) is 12.5. The van der Waals surface area contributed by atoms with Gasteiger partial charge >= 0.3 is 11.6 Å². The van der Waals surface area contributed by atoms with Crippen molar-refractivity contribution in [1.29, 1.82) is 0 Å². The van der Waals surface area contributed by atoms with E-state index in [2.05, 4.69) is 0 Å². The molecule has 0 saturated heterocycles. The number of rotatable bonds is 2. The van der Waals surface area contributed by atoms with Gasteiger partial charge in [0.25, 0.3) is 0 Å². The Morgan fingerprint density at radius 2 is 1.88 bits per heavy atom. The number of esters is 1. The Morgan fingerprint density at radius 3 is 2.62 bits per heavy atom. The van der Waals surface area contributed by atoms with E-state index >= 15 is 0 Å². The van der Waals surface area contributed by atoms with Crippen LogP contribution in [0.5, 0.6) is 5.75 Å². The quantitative estimate of drug-likeness (QED) is 0.485. The van der Waals surface area contributed by atoms with E-state index in [-0.39, 0.29) is 5.56 Å². The predicted octanol–water partition coefficient (Wildman–Crippen LogP) is 4.17. The van der Waals surface area contributed by atoms with Gasteiger partial charge in [0.1, 0.15) is 11.3 Å². The van der Waals surface area contributed by atoms with Gasteiger partial charge < -0.3 is 13.9 Å². The molecule has 2 aromatic carbocycles. The van der Waals surface area contributed by atoms with Crippen LogP contribution in [0.4, 0.5) is 0 Å². The summed E-state index contributed by atoms with van der Waals surface area (Å²) in [5, 5.41) is 1.29. The van der Waals surface area contributed by atoms with E-state index in [4.69, 9.17) is 37.1 Å². The average Bonchev–Trinajstić information content (AvgIpc) is 3.05. The SMILES string of the molecule is COC(=O)[C@H]1Oc2c(c(=O)oc3ccccc23)[C@H]1c1ccc(Cl)c(Cl)c1. The summed E-state index contributed by atoms with van der Waals surface area (Å²) in [7, 11) is 1.27. The molecule has 0 aliphatic carbocycles. The minimum absolute atomic E-state index is 0.262. The van der Waals surface area contributed by atoms with Gasteiger partial charge in [-0.25, -0.2) is 9.59 Å². The third-order valence-corrected chi connectivity index (χ3v) is 5.13. The normalized spacial score (nSPS) is 18.4. The van der Waals surface area contributed by atoms with Crippen LogP contribution in [0.3, 0.4) is 0 Å². The van der Waals surface area contributed by atoms with Crippen LogP contribution in [-0.4, -0.2) is 19.2 Å². The summed E-state index contributed by atoms with van der Waals surface area (Å²) < 4.78 is 16.2. The van der Waals surface area contributed by atoms with Crippen molar-refractivity contribution in [3.63, 3.8) is 0 Å². The number of carbonyl (C=O) groups excluding carboxylic acids is 1. The van der Waals surface area contributed by atoms with Gasteiger partial charge in [0.05, 0.1) is 34.0 Å². The average molecular weight is 391 g/mol. The largest absolute Gasteiger partial charge is 0.476 e. The highest BCUT2D eigenvalue weighted by Gasteiger charge is 2.45. The van der Waals surface area contributed by atoms with Crippen LogP contribution in [0.25, 0.3) is 11.0 Å². The fourth-order valence-electron chi connectivity index (χ4n) is 3.23. The van der Waals surface area contributed by atoms with E-state index in [1.807, 2.05) is 0 Å². The van der Waals surface area contributed by atoms with Gasteiger partial charge in [-0.15, -0.1) is 0 Å². The maximum absolute atomic E-state index is 12.7. The second kappa shape index (κ2) is 6.34. The Balaban J connectivity index is 1.99. The zero-order valence-electron chi connectivity index (χ0n) is 13.5. The Bertz CT molecular complexity index is 1090. The van der Waals surface area contributed by atoms with Gasteiger partial charge in [-0.1, -0.05) is 41.4 Å². The lowest BCUT2D eigenvalue weighted by Crippen LogP contribution is -2.31. The van der Waals surface area contributed by atoms with Crippen LogP contribution in [0.2, 0.25) is 10.0 Å². The fourth-order valence-corrected chi connectivity index (χ4v) is 3.53. The lowest BCUT2D eigenvalue weighted by atomic mass is 9.88. The summed E-state index contributed by atoms with van der Waals surface area (Å²) in [6.45, 7) is 0. The molecular formula is C19H12Cl2O5. The van der Waals surface area contributed by atoms with Crippen LogP contribution in [0.15, 0.2) is 51.7 Å². The summed E-state index contributed by atoms with van der Waals surface area (Å²) in [5.41, 5.74) is 0.685. The molecule has 0 N–H and O–H groups in total. The first kappa shape index (κ1) is 16.9. The molecule has 2 atom stereocenters. The van der Waals surface area contributed by atoms with Gasteiger partial charge in [0.2, 0.25) is 6.10 Å².